The molecule has 37 heavy (non-hydrogen) atoms. The van der Waals surface area contributed by atoms with Gasteiger partial charge in [-0.2, -0.15) is 9.61 Å². The van der Waals surface area contributed by atoms with E-state index in [0.717, 1.165) is 85.0 Å². The van der Waals surface area contributed by atoms with E-state index in [1.165, 1.54) is 25.7 Å². The number of carbonyl (C=O) groups excluding carboxylic acids is 1. The number of hydrogen-bond acceptors (Lipinski definition) is 6. The zero-order valence-corrected chi connectivity index (χ0v) is 22.0. The third-order valence-corrected chi connectivity index (χ3v) is 8.30. The molecule has 8 heteroatoms. The zero-order chi connectivity index (χ0) is 25.4. The number of aryl methyl sites for hydroxylation is 1. The Morgan fingerprint density at radius 1 is 1.14 bits per heavy atom. The van der Waals surface area contributed by atoms with Crippen LogP contribution in [0.2, 0.25) is 0 Å². The van der Waals surface area contributed by atoms with Gasteiger partial charge in [-0.3, -0.25) is 4.79 Å². The van der Waals surface area contributed by atoms with Crippen LogP contribution < -0.4 is 15.5 Å². The second kappa shape index (κ2) is 10.3. The van der Waals surface area contributed by atoms with Gasteiger partial charge in [0, 0.05) is 57.5 Å². The number of nitrogens with one attached hydrogen (secondary N) is 2. The van der Waals surface area contributed by atoms with Gasteiger partial charge in [0.1, 0.15) is 11.6 Å². The third-order valence-electron chi connectivity index (χ3n) is 8.30. The molecule has 1 aliphatic heterocycles. The number of benzene rings is 1. The third kappa shape index (κ3) is 5.17. The molecule has 2 saturated carbocycles. The molecule has 0 bridgehead atoms. The van der Waals surface area contributed by atoms with Gasteiger partial charge in [-0.25, -0.2) is 4.98 Å². The Balaban J connectivity index is 0.00000294. The summed E-state index contributed by atoms with van der Waals surface area (Å²) in [5.74, 6) is 2.57. The Labute approximate surface area is 220 Å². The molecule has 2 N–H and O–H groups in total. The fraction of sp³-hybridized carbons (Fsp3) is 0.552. The molecule has 3 fully saturated rings. The van der Waals surface area contributed by atoms with Crippen LogP contribution in [0.25, 0.3) is 16.8 Å². The summed E-state index contributed by atoms with van der Waals surface area (Å²) in [7, 11) is 2.17. The number of anilines is 2. The molecule has 0 spiro atoms. The van der Waals surface area contributed by atoms with Crippen molar-refractivity contribution in [1.82, 2.24) is 19.9 Å². The number of rotatable bonds is 8. The predicted octanol–water partition coefficient (Wildman–Crippen LogP) is 5.06. The second-order valence-corrected chi connectivity index (χ2v) is 11.1. The minimum absolute atomic E-state index is 0. The summed E-state index contributed by atoms with van der Waals surface area (Å²) in [6.45, 7) is 4.58. The first-order valence-corrected chi connectivity index (χ1v) is 13.9. The van der Waals surface area contributed by atoms with Crippen LogP contribution in [0.15, 0.2) is 30.5 Å². The highest BCUT2D eigenvalue weighted by atomic mass is 16.5. The first kappa shape index (κ1) is 24.2. The van der Waals surface area contributed by atoms with Gasteiger partial charge in [-0.1, -0.05) is 25.0 Å². The van der Waals surface area contributed by atoms with E-state index in [-0.39, 0.29) is 7.33 Å². The number of nitrogens with zero attached hydrogens (tertiary/aromatic N) is 4. The molecule has 1 saturated heterocycles. The molecule has 3 heterocycles. The minimum atomic E-state index is 0. The Morgan fingerprint density at radius 3 is 2.65 bits per heavy atom. The van der Waals surface area contributed by atoms with Gasteiger partial charge in [0.05, 0.1) is 6.20 Å². The van der Waals surface area contributed by atoms with E-state index >= 15 is 0 Å². The maximum Gasteiger partial charge on any atom is 0.251 e. The number of aromatic nitrogens is 3. The average Bonchev–Trinajstić information content (AvgIpc) is 3.38. The van der Waals surface area contributed by atoms with Crippen molar-refractivity contribution >= 4 is 23.2 Å². The van der Waals surface area contributed by atoms with Gasteiger partial charge in [-0.15, -0.1) is 0 Å². The number of ether oxygens (including phenoxy) is 1. The standard InChI is InChI=1S/C29H38N6O2.H2/c1-19-15-21(7-10-24(19)29(36)32-22-8-9-22)25-18-31-35-26(30-17-20-11-13-37-14-12-20)16-27(33-28(25)35)34(2)23-5-3-4-6-23;/h7,10,15-16,18,20,22-23,30H,3-6,8-9,11-14,17H2,1-2H3,(H,32,36);1H. The Bertz CT molecular complexity index is 1280. The van der Waals surface area contributed by atoms with E-state index in [0.29, 0.717) is 18.0 Å². The molecule has 3 aliphatic rings. The summed E-state index contributed by atoms with van der Waals surface area (Å²) in [6, 6.07) is 9.07. The van der Waals surface area contributed by atoms with Crippen molar-refractivity contribution < 1.29 is 11.0 Å². The molecule has 198 valence electrons. The first-order valence-electron chi connectivity index (χ1n) is 13.9. The van der Waals surface area contributed by atoms with E-state index in [2.05, 4.69) is 34.7 Å². The average molecular weight is 505 g/mol. The lowest BCUT2D eigenvalue weighted by molar-refractivity contribution is 0.0699. The van der Waals surface area contributed by atoms with Crippen LogP contribution in [0.4, 0.5) is 11.6 Å². The molecule has 0 atom stereocenters. The normalized spacial score (nSPS) is 18.9. The summed E-state index contributed by atoms with van der Waals surface area (Å²) < 4.78 is 7.48. The quantitative estimate of drug-likeness (QED) is 0.446. The molecule has 2 aliphatic carbocycles. The highest BCUT2D eigenvalue weighted by molar-refractivity contribution is 5.97. The van der Waals surface area contributed by atoms with Crippen molar-refractivity contribution in [2.75, 3.05) is 37.0 Å². The fourth-order valence-corrected chi connectivity index (χ4v) is 5.72. The molecule has 0 unspecified atom stereocenters. The highest BCUT2D eigenvalue weighted by Gasteiger charge is 2.26. The number of carbonyl (C=O) groups is 1. The van der Waals surface area contributed by atoms with Gasteiger partial charge in [0.25, 0.3) is 5.91 Å². The van der Waals surface area contributed by atoms with E-state index in [1.54, 1.807) is 0 Å². The SMILES string of the molecule is Cc1cc(-c2cnn3c(NCC4CCOCC4)cc(N(C)C4CCCC4)nc23)ccc1C(=O)NC1CC1.[HH]. The van der Waals surface area contributed by atoms with Crippen LogP contribution in [-0.2, 0) is 4.74 Å². The van der Waals surface area contributed by atoms with Crippen molar-refractivity contribution in [3.8, 4) is 11.1 Å². The van der Waals surface area contributed by atoms with Crippen molar-refractivity contribution in [1.29, 1.82) is 0 Å². The number of fused-ring (bicyclic) bond motifs is 1. The smallest absolute Gasteiger partial charge is 0.251 e. The second-order valence-electron chi connectivity index (χ2n) is 11.1. The molecular formula is C29H40N6O2. The number of amides is 1. The minimum Gasteiger partial charge on any atom is -0.381 e. The maximum absolute atomic E-state index is 12.7. The van der Waals surface area contributed by atoms with Crippen molar-refractivity contribution in [2.45, 2.75) is 70.4 Å². The topological polar surface area (TPSA) is 83.8 Å². The Morgan fingerprint density at radius 2 is 1.92 bits per heavy atom. The molecular weight excluding hydrogens is 464 g/mol. The molecule has 0 radical (unpaired) electrons. The summed E-state index contributed by atoms with van der Waals surface area (Å²) >= 11 is 0. The Kier molecular flexibility index (Phi) is 6.76. The van der Waals surface area contributed by atoms with Crippen LogP contribution >= 0.6 is 0 Å². The highest BCUT2D eigenvalue weighted by Crippen LogP contribution is 2.32. The summed E-state index contributed by atoms with van der Waals surface area (Å²) in [5.41, 5.74) is 4.55. The molecule has 1 aromatic carbocycles. The van der Waals surface area contributed by atoms with Crippen LogP contribution in [-0.4, -0.2) is 59.4 Å². The molecule has 3 aromatic rings. The van der Waals surface area contributed by atoms with Crippen molar-refractivity contribution in [3.05, 3.63) is 41.6 Å². The zero-order valence-electron chi connectivity index (χ0n) is 22.0. The lowest BCUT2D eigenvalue weighted by Crippen LogP contribution is -2.30. The number of hydrogen-bond donors (Lipinski definition) is 2. The van der Waals surface area contributed by atoms with Gasteiger partial charge in [-0.05, 0) is 68.6 Å². The van der Waals surface area contributed by atoms with E-state index in [4.69, 9.17) is 14.8 Å². The maximum atomic E-state index is 12.7. The summed E-state index contributed by atoms with van der Waals surface area (Å²) in [5, 5.41) is 11.6. The fourth-order valence-electron chi connectivity index (χ4n) is 5.72. The lowest BCUT2D eigenvalue weighted by Gasteiger charge is -2.27. The van der Waals surface area contributed by atoms with Gasteiger partial charge in [0.2, 0.25) is 0 Å². The molecule has 6 rings (SSSR count). The lowest BCUT2D eigenvalue weighted by atomic mass is 10.0. The largest absolute Gasteiger partial charge is 0.381 e. The van der Waals surface area contributed by atoms with E-state index in [9.17, 15) is 4.79 Å². The van der Waals surface area contributed by atoms with Gasteiger partial charge < -0.3 is 20.3 Å². The van der Waals surface area contributed by atoms with E-state index in [1.807, 2.05) is 29.8 Å². The summed E-state index contributed by atoms with van der Waals surface area (Å²) in [4.78, 5) is 20.1. The molecule has 8 nitrogen and oxygen atoms in total. The first-order chi connectivity index (χ1) is 18.1. The Hall–Kier alpha value is -3.13. The van der Waals surface area contributed by atoms with E-state index < -0.39 is 0 Å². The van der Waals surface area contributed by atoms with Crippen LogP contribution in [0.1, 0.15) is 68.7 Å². The predicted molar refractivity (Wildman–Crippen MR) is 148 cm³/mol. The van der Waals surface area contributed by atoms with Crippen LogP contribution in [0, 0.1) is 12.8 Å². The van der Waals surface area contributed by atoms with Gasteiger partial charge in [0.15, 0.2) is 5.65 Å². The monoisotopic (exact) mass is 504 g/mol. The van der Waals surface area contributed by atoms with Crippen LogP contribution in [0.3, 0.4) is 0 Å². The molecule has 2 aromatic heterocycles. The summed E-state index contributed by atoms with van der Waals surface area (Å²) in [6.07, 6.45) is 11.2. The van der Waals surface area contributed by atoms with Crippen molar-refractivity contribution in [2.24, 2.45) is 5.92 Å². The van der Waals surface area contributed by atoms with Gasteiger partial charge >= 0.3 is 0 Å². The van der Waals surface area contributed by atoms with Crippen LogP contribution in [0.5, 0.6) is 0 Å². The molecule has 1 amide bonds. The van der Waals surface area contributed by atoms with Crippen molar-refractivity contribution in [3.63, 3.8) is 0 Å².